The highest BCUT2D eigenvalue weighted by molar-refractivity contribution is 7.00. The molecule has 13 aromatic rings. The zero-order chi connectivity index (χ0) is 61.4. The molecule has 0 N–H and O–H groups in total. The van der Waals surface area contributed by atoms with Crippen molar-refractivity contribution in [2.24, 2.45) is 0 Å². The Labute approximate surface area is 525 Å². The predicted octanol–water partition coefficient (Wildman–Crippen LogP) is 21.2. The highest BCUT2D eigenvalue weighted by atomic mass is 16.3. The van der Waals surface area contributed by atoms with Gasteiger partial charge in [-0.3, -0.25) is 0 Å². The normalized spacial score (nSPS) is 13.1. The van der Waals surface area contributed by atoms with E-state index in [1.54, 1.807) is 0 Å². The van der Waals surface area contributed by atoms with Gasteiger partial charge in [0.05, 0.1) is 11.0 Å². The Morgan fingerprint density at radius 2 is 0.876 bits per heavy atom. The molecule has 5 nitrogen and oxygen atoms in total. The molecular weight excluding hydrogens is 1080 g/mol. The van der Waals surface area contributed by atoms with Crippen molar-refractivity contribution in [1.82, 2.24) is 4.57 Å². The highest BCUT2D eigenvalue weighted by Crippen LogP contribution is 2.50. The Morgan fingerprint density at radius 1 is 0.371 bits per heavy atom. The van der Waals surface area contributed by atoms with Crippen molar-refractivity contribution in [1.29, 1.82) is 0 Å². The quantitative estimate of drug-likeness (QED) is 0.142. The molecule has 15 rings (SSSR count). The van der Waals surface area contributed by atoms with E-state index < -0.39 is 0 Å². The second-order valence-electron chi connectivity index (χ2n) is 28.0. The standard InChI is InChI=1S/C83H75BN4O/c1-52-45-74-79-75(46-52)88(64-47-53(2)77(54(3)48-64)80-78(55-23-15-13-16-24-55)67-28-20-22-30-76(67)89-80)72-49-58(83(10,11)12)35-43-68(72)84(79)69-44-41-63(51-73(69)87(74)61-38-33-57(34-39-61)82(7,8)9)85(60-36-31-56(32-37-60)81(4,5)6)62-40-42-66-65-27-19-21-29-70(65)86(71(66)50-62)59-25-17-14-18-26-59/h13-51H,1-12H3. The van der Waals surface area contributed by atoms with Gasteiger partial charge < -0.3 is 23.7 Å². The van der Waals surface area contributed by atoms with Gasteiger partial charge in [0.25, 0.3) is 6.71 Å². The summed E-state index contributed by atoms with van der Waals surface area (Å²) in [6.07, 6.45) is 0. The van der Waals surface area contributed by atoms with Gasteiger partial charge in [0.15, 0.2) is 0 Å². The van der Waals surface area contributed by atoms with Crippen LogP contribution in [-0.2, 0) is 16.2 Å². The fourth-order valence-electron chi connectivity index (χ4n) is 14.4. The molecule has 2 aliphatic heterocycles. The highest BCUT2D eigenvalue weighted by Gasteiger charge is 2.44. The topological polar surface area (TPSA) is 27.8 Å². The van der Waals surface area contributed by atoms with Crippen molar-refractivity contribution in [2.45, 2.75) is 99.3 Å². The minimum absolute atomic E-state index is 0.0131. The largest absolute Gasteiger partial charge is 0.455 e. The molecule has 0 atom stereocenters. The van der Waals surface area contributed by atoms with Crippen LogP contribution in [0.25, 0.3) is 60.9 Å². The number of aryl methyl sites for hydroxylation is 3. The van der Waals surface area contributed by atoms with E-state index in [9.17, 15) is 0 Å². The minimum Gasteiger partial charge on any atom is -0.455 e. The molecule has 0 amide bonds. The zero-order valence-corrected chi connectivity index (χ0v) is 53.3. The zero-order valence-electron chi connectivity index (χ0n) is 53.3. The smallest absolute Gasteiger partial charge is 0.252 e. The number of benzene rings is 11. The van der Waals surface area contributed by atoms with Gasteiger partial charge in [0.1, 0.15) is 11.3 Å². The van der Waals surface area contributed by atoms with Crippen LogP contribution in [-0.4, -0.2) is 11.3 Å². The lowest BCUT2D eigenvalue weighted by molar-refractivity contribution is 0.590. The molecule has 436 valence electrons. The molecule has 11 aromatic carbocycles. The molecule has 0 bridgehead atoms. The van der Waals surface area contributed by atoms with Crippen molar-refractivity contribution in [3.63, 3.8) is 0 Å². The molecule has 0 saturated heterocycles. The molecule has 6 heteroatoms. The van der Waals surface area contributed by atoms with E-state index in [-0.39, 0.29) is 23.0 Å². The fourth-order valence-corrected chi connectivity index (χ4v) is 14.4. The van der Waals surface area contributed by atoms with Gasteiger partial charge in [-0.2, -0.15) is 0 Å². The average Bonchev–Trinajstić information content (AvgIpc) is 1.33. The Morgan fingerprint density at radius 3 is 1.53 bits per heavy atom. The number of hydrogen-bond acceptors (Lipinski definition) is 4. The minimum atomic E-state index is -0.105. The molecule has 0 fully saturated rings. The van der Waals surface area contributed by atoms with Gasteiger partial charge in [-0.25, -0.2) is 0 Å². The van der Waals surface area contributed by atoms with Crippen LogP contribution in [0.2, 0.25) is 0 Å². The summed E-state index contributed by atoms with van der Waals surface area (Å²) in [5.41, 5.74) is 29.1. The summed E-state index contributed by atoms with van der Waals surface area (Å²) < 4.78 is 9.38. The molecule has 4 heterocycles. The van der Waals surface area contributed by atoms with Crippen molar-refractivity contribution >= 4 is 107 Å². The van der Waals surface area contributed by atoms with E-state index >= 15 is 0 Å². The first kappa shape index (κ1) is 55.8. The number of para-hydroxylation sites is 3. The first-order valence-electron chi connectivity index (χ1n) is 31.6. The first-order valence-corrected chi connectivity index (χ1v) is 31.6. The van der Waals surface area contributed by atoms with Gasteiger partial charge in [0, 0.05) is 84.2 Å². The van der Waals surface area contributed by atoms with E-state index in [1.807, 2.05) is 0 Å². The summed E-state index contributed by atoms with van der Waals surface area (Å²) in [6, 6.07) is 88.8. The summed E-state index contributed by atoms with van der Waals surface area (Å²) in [4.78, 5) is 7.64. The molecule has 2 aliphatic rings. The van der Waals surface area contributed by atoms with E-state index in [0.29, 0.717) is 0 Å². The number of rotatable bonds is 8. The number of hydrogen-bond donors (Lipinski definition) is 0. The van der Waals surface area contributed by atoms with Crippen LogP contribution in [0.5, 0.6) is 0 Å². The van der Waals surface area contributed by atoms with Crippen LogP contribution in [0.15, 0.2) is 241 Å². The number of nitrogens with zero attached hydrogens (tertiary/aromatic N) is 4. The third kappa shape index (κ3) is 9.29. The second kappa shape index (κ2) is 20.7. The summed E-state index contributed by atoms with van der Waals surface area (Å²) in [5, 5.41) is 3.57. The SMILES string of the molecule is Cc1cc2c3c(c1)N(c1cc(C)c(-c4oc5ccccc5c4-c4ccccc4)c(C)c1)c1cc(C(C)(C)C)ccc1B3c1ccc(N(c3ccc(C(C)(C)C)cc3)c3ccc4c5ccccc5n(-c5ccccc5)c4c3)cc1N2c1ccc(C(C)(C)C)cc1. The van der Waals surface area contributed by atoms with E-state index in [0.717, 1.165) is 89.9 Å². The molecule has 0 radical (unpaired) electrons. The second-order valence-corrected chi connectivity index (χ2v) is 28.0. The van der Waals surface area contributed by atoms with Crippen LogP contribution in [0.3, 0.4) is 0 Å². The Kier molecular flexibility index (Phi) is 13.0. The molecule has 0 unspecified atom stereocenters. The van der Waals surface area contributed by atoms with Gasteiger partial charge in [0.2, 0.25) is 0 Å². The maximum Gasteiger partial charge on any atom is 0.252 e. The van der Waals surface area contributed by atoms with Gasteiger partial charge in [-0.1, -0.05) is 196 Å². The van der Waals surface area contributed by atoms with Crippen LogP contribution < -0.4 is 31.1 Å². The third-order valence-corrected chi connectivity index (χ3v) is 18.9. The van der Waals surface area contributed by atoms with Crippen LogP contribution in [0, 0.1) is 20.8 Å². The fraction of sp³-hybridized carbons (Fsp3) is 0.181. The molecule has 0 saturated carbocycles. The lowest BCUT2D eigenvalue weighted by Crippen LogP contribution is -2.61. The van der Waals surface area contributed by atoms with E-state index in [1.165, 1.54) is 72.0 Å². The lowest BCUT2D eigenvalue weighted by atomic mass is 9.33. The Bertz CT molecular complexity index is 4910. The summed E-state index contributed by atoms with van der Waals surface area (Å²) in [7, 11) is 0. The van der Waals surface area contributed by atoms with Crippen LogP contribution in [0.1, 0.15) is 95.7 Å². The van der Waals surface area contributed by atoms with Crippen molar-refractivity contribution < 1.29 is 4.42 Å². The third-order valence-electron chi connectivity index (χ3n) is 18.9. The van der Waals surface area contributed by atoms with E-state index in [4.69, 9.17) is 4.42 Å². The van der Waals surface area contributed by atoms with Gasteiger partial charge in [-0.15, -0.1) is 0 Å². The summed E-state index contributed by atoms with van der Waals surface area (Å²) in [5.74, 6) is 0.904. The van der Waals surface area contributed by atoms with E-state index in [2.05, 4.69) is 339 Å². The monoisotopic (exact) mass is 1150 g/mol. The summed E-state index contributed by atoms with van der Waals surface area (Å²) >= 11 is 0. The van der Waals surface area contributed by atoms with Gasteiger partial charge in [-0.05, 0) is 195 Å². The maximum atomic E-state index is 6.95. The molecule has 0 spiro atoms. The number of furan rings is 1. The Balaban J connectivity index is 0.963. The van der Waals surface area contributed by atoms with Crippen LogP contribution >= 0.6 is 0 Å². The maximum absolute atomic E-state index is 6.95. The molecule has 89 heavy (non-hydrogen) atoms. The van der Waals surface area contributed by atoms with Crippen molar-refractivity contribution in [3.8, 4) is 28.1 Å². The lowest BCUT2D eigenvalue weighted by Gasteiger charge is -2.45. The van der Waals surface area contributed by atoms with Crippen molar-refractivity contribution in [3.05, 3.63) is 270 Å². The van der Waals surface area contributed by atoms with Gasteiger partial charge >= 0.3 is 0 Å². The molecule has 2 aromatic heterocycles. The molecular formula is C83H75BN4O. The number of fused-ring (bicyclic) bond motifs is 8. The number of anilines is 9. The number of aromatic nitrogens is 1. The average molecular weight is 1160 g/mol. The molecule has 0 aliphatic carbocycles. The first-order chi connectivity index (χ1) is 42.8. The van der Waals surface area contributed by atoms with Crippen molar-refractivity contribution in [2.75, 3.05) is 14.7 Å². The Hall–Kier alpha value is -9.78. The summed E-state index contributed by atoms with van der Waals surface area (Å²) in [6.45, 7) is 27.5. The predicted molar refractivity (Wildman–Crippen MR) is 380 cm³/mol. The van der Waals surface area contributed by atoms with Crippen LogP contribution in [0.4, 0.5) is 51.2 Å².